The van der Waals surface area contributed by atoms with Gasteiger partial charge in [-0.05, 0) is 32.0 Å². The number of benzene rings is 1. The molecule has 5 rings (SSSR count). The van der Waals surface area contributed by atoms with Crippen molar-refractivity contribution in [3.8, 4) is 28.8 Å². The molecule has 4 heterocycles. The molecular weight excluding hydrogens is 450 g/mol. The lowest BCUT2D eigenvalue weighted by atomic mass is 10.0. The van der Waals surface area contributed by atoms with Gasteiger partial charge in [-0.1, -0.05) is 17.0 Å². The molecule has 0 saturated carbocycles. The van der Waals surface area contributed by atoms with Gasteiger partial charge in [-0.3, -0.25) is 9.69 Å². The fourth-order valence-corrected chi connectivity index (χ4v) is 4.27. The van der Waals surface area contributed by atoms with Gasteiger partial charge in [0.2, 0.25) is 5.82 Å². The Morgan fingerprint density at radius 3 is 2.77 bits per heavy atom. The molecular formula is C25H27N5O5. The summed E-state index contributed by atoms with van der Waals surface area (Å²) in [7, 11) is 0. The number of ether oxygens (including phenoxy) is 2. The van der Waals surface area contributed by atoms with E-state index in [1.54, 1.807) is 19.9 Å². The molecule has 3 aromatic rings. The van der Waals surface area contributed by atoms with Gasteiger partial charge in [0.15, 0.2) is 5.60 Å². The summed E-state index contributed by atoms with van der Waals surface area (Å²) in [6.07, 6.45) is 0.579. The molecule has 0 unspecified atom stereocenters. The van der Waals surface area contributed by atoms with Gasteiger partial charge < -0.3 is 29.4 Å². The zero-order chi connectivity index (χ0) is 24.6. The first-order chi connectivity index (χ1) is 16.8. The predicted molar refractivity (Wildman–Crippen MR) is 125 cm³/mol. The van der Waals surface area contributed by atoms with E-state index in [-0.39, 0.29) is 5.82 Å². The molecule has 10 nitrogen and oxygen atoms in total. The van der Waals surface area contributed by atoms with Crippen LogP contribution in [0.5, 0.6) is 5.75 Å². The zero-order valence-electron chi connectivity index (χ0n) is 19.7. The van der Waals surface area contributed by atoms with Gasteiger partial charge in [0.1, 0.15) is 17.2 Å². The number of amides is 1. The minimum Gasteiger partial charge on any atom is -0.492 e. The standard InChI is InChI=1S/C25H27N5O5/c1-16-13-21(28-35-16)25(2,32)7-5-17-3-4-20-18(14-17)22-19(6-10-34-20)30(24(27-22)23(26)31)15-29-8-11-33-12-9-29/h3-4,13-14,32H,6,8-12,15H2,1-2H3,(H2,26,31)/t25-/m1/s1. The number of carbonyl (C=O) groups is 1. The monoisotopic (exact) mass is 477 g/mol. The van der Waals surface area contributed by atoms with E-state index in [9.17, 15) is 9.90 Å². The van der Waals surface area contributed by atoms with E-state index < -0.39 is 11.5 Å². The third kappa shape index (κ3) is 4.66. The van der Waals surface area contributed by atoms with Crippen molar-refractivity contribution in [3.05, 3.63) is 52.8 Å². The Labute approximate surface area is 202 Å². The van der Waals surface area contributed by atoms with E-state index in [1.807, 2.05) is 22.8 Å². The first-order valence-electron chi connectivity index (χ1n) is 11.5. The third-order valence-corrected chi connectivity index (χ3v) is 6.15. The normalized spacial score (nSPS) is 17.2. The van der Waals surface area contributed by atoms with E-state index in [4.69, 9.17) is 19.7 Å². The second-order valence-electron chi connectivity index (χ2n) is 8.85. The number of aromatic nitrogens is 3. The van der Waals surface area contributed by atoms with Gasteiger partial charge in [-0.15, -0.1) is 0 Å². The fraction of sp³-hybridized carbons (Fsp3) is 0.400. The second-order valence-corrected chi connectivity index (χ2v) is 8.85. The summed E-state index contributed by atoms with van der Waals surface area (Å²) < 4.78 is 18.4. The van der Waals surface area contributed by atoms with Gasteiger partial charge in [-0.25, -0.2) is 4.98 Å². The van der Waals surface area contributed by atoms with Crippen LogP contribution in [0.3, 0.4) is 0 Å². The summed E-state index contributed by atoms with van der Waals surface area (Å²) in [5.74, 6) is 6.77. The number of aryl methyl sites for hydroxylation is 1. The Bertz CT molecular complexity index is 1320. The van der Waals surface area contributed by atoms with Crippen LogP contribution in [0.15, 0.2) is 28.8 Å². The molecule has 0 bridgehead atoms. The molecule has 1 saturated heterocycles. The highest BCUT2D eigenvalue weighted by Crippen LogP contribution is 2.36. The zero-order valence-corrected chi connectivity index (χ0v) is 19.7. The van der Waals surface area contributed by atoms with Crippen molar-refractivity contribution in [2.45, 2.75) is 32.5 Å². The van der Waals surface area contributed by atoms with Crippen LogP contribution in [-0.2, 0) is 23.4 Å². The SMILES string of the molecule is Cc1cc([C@](C)(O)C#Cc2ccc3c(c2)-c2nc(C(N)=O)n(CN4CCOCC4)c2CCO3)no1. The molecule has 35 heavy (non-hydrogen) atoms. The molecule has 2 aromatic heterocycles. The van der Waals surface area contributed by atoms with E-state index in [1.165, 1.54) is 0 Å². The van der Waals surface area contributed by atoms with Gasteiger partial charge in [-0.2, -0.15) is 0 Å². The van der Waals surface area contributed by atoms with Crippen LogP contribution in [0.2, 0.25) is 0 Å². The number of hydrogen-bond acceptors (Lipinski definition) is 8. The van der Waals surface area contributed by atoms with Crippen LogP contribution in [-0.4, -0.2) is 63.5 Å². The van der Waals surface area contributed by atoms with Gasteiger partial charge >= 0.3 is 0 Å². The molecule has 1 aromatic carbocycles. The third-order valence-electron chi connectivity index (χ3n) is 6.15. The molecule has 1 atom stereocenters. The van der Waals surface area contributed by atoms with Crippen LogP contribution in [0.1, 0.15) is 40.3 Å². The lowest BCUT2D eigenvalue weighted by Crippen LogP contribution is -2.38. The van der Waals surface area contributed by atoms with Gasteiger partial charge in [0.05, 0.1) is 37.9 Å². The van der Waals surface area contributed by atoms with Crippen molar-refractivity contribution in [2.24, 2.45) is 5.73 Å². The van der Waals surface area contributed by atoms with Crippen molar-refractivity contribution in [1.82, 2.24) is 19.6 Å². The van der Waals surface area contributed by atoms with Crippen LogP contribution in [0, 0.1) is 18.8 Å². The smallest absolute Gasteiger partial charge is 0.284 e. The first kappa shape index (κ1) is 23.1. The molecule has 182 valence electrons. The molecule has 1 fully saturated rings. The Balaban J connectivity index is 1.53. The highest BCUT2D eigenvalue weighted by atomic mass is 16.5. The van der Waals surface area contributed by atoms with Crippen LogP contribution < -0.4 is 10.5 Å². The topological polar surface area (TPSA) is 129 Å². The van der Waals surface area contributed by atoms with Crippen LogP contribution >= 0.6 is 0 Å². The number of aliphatic hydroxyl groups is 1. The Morgan fingerprint density at radius 2 is 2.06 bits per heavy atom. The van der Waals surface area contributed by atoms with E-state index in [0.29, 0.717) is 61.4 Å². The summed E-state index contributed by atoms with van der Waals surface area (Å²) in [6.45, 7) is 7.09. The summed E-state index contributed by atoms with van der Waals surface area (Å²) in [6, 6.07) is 7.15. The van der Waals surface area contributed by atoms with E-state index in [2.05, 4.69) is 26.9 Å². The summed E-state index contributed by atoms with van der Waals surface area (Å²) in [5.41, 5.74) is 7.50. The number of fused-ring (bicyclic) bond motifs is 3. The van der Waals surface area contributed by atoms with Crippen LogP contribution in [0.25, 0.3) is 11.3 Å². The molecule has 0 spiro atoms. The minimum atomic E-state index is -1.48. The number of morpholine rings is 1. The quantitative estimate of drug-likeness (QED) is 0.540. The maximum atomic E-state index is 12.3. The van der Waals surface area contributed by atoms with Crippen molar-refractivity contribution in [2.75, 3.05) is 32.9 Å². The number of nitrogens with two attached hydrogens (primary N) is 1. The lowest BCUT2D eigenvalue weighted by molar-refractivity contribution is 0.0225. The number of nitrogens with zero attached hydrogens (tertiary/aromatic N) is 4. The minimum absolute atomic E-state index is 0.218. The van der Waals surface area contributed by atoms with Gasteiger partial charge in [0.25, 0.3) is 5.91 Å². The van der Waals surface area contributed by atoms with Crippen molar-refractivity contribution < 1.29 is 23.9 Å². The van der Waals surface area contributed by atoms with E-state index in [0.717, 1.165) is 24.3 Å². The first-order valence-corrected chi connectivity index (χ1v) is 11.5. The second kappa shape index (κ2) is 9.19. The van der Waals surface area contributed by atoms with Crippen molar-refractivity contribution in [1.29, 1.82) is 0 Å². The fourth-order valence-electron chi connectivity index (χ4n) is 4.27. The lowest BCUT2D eigenvalue weighted by Gasteiger charge is -2.28. The van der Waals surface area contributed by atoms with Gasteiger partial charge in [0, 0.05) is 36.7 Å². The number of carbonyl (C=O) groups excluding carboxylic acids is 1. The predicted octanol–water partition coefficient (Wildman–Crippen LogP) is 1.43. The number of imidazole rings is 1. The highest BCUT2D eigenvalue weighted by molar-refractivity contribution is 5.91. The maximum absolute atomic E-state index is 12.3. The summed E-state index contributed by atoms with van der Waals surface area (Å²) >= 11 is 0. The van der Waals surface area contributed by atoms with Crippen molar-refractivity contribution in [3.63, 3.8) is 0 Å². The molecule has 0 radical (unpaired) electrons. The highest BCUT2D eigenvalue weighted by Gasteiger charge is 2.28. The van der Waals surface area contributed by atoms with Crippen molar-refractivity contribution >= 4 is 5.91 Å². The average Bonchev–Trinajstić information content (AvgIpc) is 3.38. The maximum Gasteiger partial charge on any atom is 0.284 e. The molecule has 1 amide bonds. The molecule has 0 aliphatic carbocycles. The molecule has 2 aliphatic heterocycles. The largest absolute Gasteiger partial charge is 0.492 e. The number of primary amides is 1. The number of rotatable bonds is 4. The summed E-state index contributed by atoms with van der Waals surface area (Å²) in [4.78, 5) is 19.2. The Hall–Kier alpha value is -3.65. The summed E-state index contributed by atoms with van der Waals surface area (Å²) in [5, 5.41) is 14.6. The number of hydrogen-bond donors (Lipinski definition) is 2. The van der Waals surface area contributed by atoms with E-state index >= 15 is 0 Å². The average molecular weight is 478 g/mol. The van der Waals surface area contributed by atoms with Crippen LogP contribution in [0.4, 0.5) is 0 Å². The molecule has 2 aliphatic rings. The Morgan fingerprint density at radius 1 is 1.26 bits per heavy atom. The molecule has 3 N–H and O–H groups in total. The Kier molecular flexibility index (Phi) is 6.06. The molecule has 10 heteroatoms.